The van der Waals surface area contributed by atoms with Crippen molar-refractivity contribution in [2.24, 2.45) is 0 Å². The Bertz CT molecular complexity index is 1460. The highest BCUT2D eigenvalue weighted by Crippen LogP contribution is 2.38. The van der Waals surface area contributed by atoms with Gasteiger partial charge in [-0.25, -0.2) is 0 Å². The number of phosphoric acid groups is 1. The maximum Gasteiger partial charge on any atom is 0.306 e. The summed E-state index contributed by atoms with van der Waals surface area (Å²) >= 11 is 0. The summed E-state index contributed by atoms with van der Waals surface area (Å²) in [6.45, 7) is 6.84. The highest BCUT2D eigenvalue weighted by atomic mass is 31.2. The van der Waals surface area contributed by atoms with Crippen LogP contribution in [0.3, 0.4) is 0 Å². The number of ether oxygens (including phenoxy) is 1. The van der Waals surface area contributed by atoms with Crippen molar-refractivity contribution in [3.8, 4) is 0 Å². The van der Waals surface area contributed by atoms with Crippen LogP contribution in [-0.2, 0) is 27.9 Å². The molecule has 0 heterocycles. The van der Waals surface area contributed by atoms with E-state index in [1.165, 1.54) is 212 Å². The molecule has 0 aliphatic carbocycles. The summed E-state index contributed by atoms with van der Waals surface area (Å²) in [5.41, 5.74) is 0. The summed E-state index contributed by atoms with van der Waals surface area (Å²) in [6, 6.07) is -0.886. The van der Waals surface area contributed by atoms with Gasteiger partial charge in [-0.3, -0.25) is 14.2 Å². The number of carbonyl (C=O) groups excluding carboxylic acids is 2. The fourth-order valence-corrected chi connectivity index (χ4v) is 10.4. The molecule has 10 heteroatoms. The maximum atomic E-state index is 13.6. The third-order valence-electron chi connectivity index (χ3n) is 14.8. The van der Waals surface area contributed by atoms with E-state index in [0.29, 0.717) is 17.4 Å². The Morgan fingerprint density at radius 2 is 0.792 bits per heavy atom. The molecule has 0 aromatic heterocycles. The second kappa shape index (κ2) is 57.2. The number of phosphoric ester groups is 1. The monoisotopic (exact) mass is 1100 g/mol. The molecule has 0 aromatic carbocycles. The number of carbonyl (C=O) groups is 2. The van der Waals surface area contributed by atoms with Crippen LogP contribution in [0, 0.1) is 0 Å². The lowest BCUT2D eigenvalue weighted by Gasteiger charge is -2.30. The maximum absolute atomic E-state index is 13.6. The Kier molecular flexibility index (Phi) is 55.7. The Hall–Kier alpha value is -2.03. The minimum atomic E-state index is -4.70. The average molecular weight is 1100 g/mol. The summed E-state index contributed by atoms with van der Waals surface area (Å²) in [6.07, 6.45) is 70.8. The number of esters is 1. The number of allylic oxidation sites excluding steroid dienone is 7. The summed E-state index contributed by atoms with van der Waals surface area (Å²) in [7, 11) is 1.19. The van der Waals surface area contributed by atoms with Crippen molar-refractivity contribution in [3.05, 3.63) is 48.6 Å². The zero-order valence-corrected chi connectivity index (χ0v) is 52.6. The number of amides is 1. The topological polar surface area (TPSA) is 114 Å². The molecule has 1 amide bonds. The SMILES string of the molecule is CCCCC/C=C\C/C=C\C/C=C\CCCCCCCCCCCCCCC(=O)NC(COP(=O)([O-])OCC[N+](C)(C)C)C(/C=C\CCCCCCCCCCC)OC(=O)CCCCCCCCCCCCCCCCC. The molecule has 9 nitrogen and oxygen atoms in total. The normalized spacial score (nSPS) is 13.9. The molecule has 0 saturated heterocycles. The van der Waals surface area contributed by atoms with Crippen LogP contribution in [-0.4, -0.2) is 69.4 Å². The number of hydrogen-bond donors (Lipinski definition) is 1. The molecule has 0 rings (SSSR count). The van der Waals surface area contributed by atoms with Gasteiger partial charge in [0, 0.05) is 12.8 Å². The van der Waals surface area contributed by atoms with Gasteiger partial charge >= 0.3 is 5.97 Å². The molecular formula is C67H127N2O7P. The largest absolute Gasteiger partial charge is 0.756 e. The van der Waals surface area contributed by atoms with Crippen molar-refractivity contribution in [3.63, 3.8) is 0 Å². The van der Waals surface area contributed by atoms with E-state index >= 15 is 0 Å². The fraction of sp³-hybridized carbons (Fsp3) is 0.851. The molecule has 3 unspecified atom stereocenters. The highest BCUT2D eigenvalue weighted by molar-refractivity contribution is 7.45. The molecule has 3 atom stereocenters. The van der Waals surface area contributed by atoms with Gasteiger partial charge in [0.05, 0.1) is 33.8 Å². The molecule has 1 N–H and O–H groups in total. The Morgan fingerprint density at radius 1 is 0.455 bits per heavy atom. The van der Waals surface area contributed by atoms with Gasteiger partial charge < -0.3 is 28.5 Å². The standard InChI is InChI=1S/C67H127N2O7P/c1-7-10-13-16-19-22-25-27-29-30-31-32-33-34-35-36-37-38-40-41-44-47-50-53-56-59-66(70)68-64(63-75-77(72,73)74-62-61-69(4,5)6)65(58-55-52-49-46-43-24-21-18-15-12-9-3)76-67(71)60-57-54-51-48-45-42-39-28-26-23-20-17-14-11-8-2/h19,22,27,29,31-32,55,58,64-65H,7-18,20-21,23-26,28,30,33-54,56-57,59-63H2,1-6H3,(H-,68,70,72,73)/b22-19-,29-27-,32-31-,58-55-. The van der Waals surface area contributed by atoms with E-state index in [9.17, 15) is 19.0 Å². The van der Waals surface area contributed by atoms with Crippen LogP contribution in [0.25, 0.3) is 0 Å². The summed E-state index contributed by atoms with van der Waals surface area (Å²) in [4.78, 5) is 40.0. The quantitative estimate of drug-likeness (QED) is 0.0212. The zero-order chi connectivity index (χ0) is 56.4. The van der Waals surface area contributed by atoms with E-state index in [-0.39, 0.29) is 31.5 Å². The third kappa shape index (κ3) is 58.4. The first kappa shape index (κ1) is 75.0. The summed E-state index contributed by atoms with van der Waals surface area (Å²) in [5, 5.41) is 3.04. The fourth-order valence-electron chi connectivity index (χ4n) is 9.65. The molecule has 0 saturated carbocycles. The van der Waals surface area contributed by atoms with Gasteiger partial charge in [0.2, 0.25) is 5.91 Å². The first-order chi connectivity index (χ1) is 37.4. The molecule has 0 aliphatic rings. The summed E-state index contributed by atoms with van der Waals surface area (Å²) < 4.78 is 30.3. The summed E-state index contributed by atoms with van der Waals surface area (Å²) in [5.74, 6) is -0.531. The smallest absolute Gasteiger partial charge is 0.306 e. The zero-order valence-electron chi connectivity index (χ0n) is 51.7. The van der Waals surface area contributed by atoms with Gasteiger partial charge in [-0.1, -0.05) is 282 Å². The first-order valence-corrected chi connectivity index (χ1v) is 34.4. The van der Waals surface area contributed by atoms with Gasteiger partial charge in [-0.2, -0.15) is 0 Å². The lowest BCUT2D eigenvalue weighted by Crippen LogP contribution is -2.47. The lowest BCUT2D eigenvalue weighted by molar-refractivity contribution is -0.870. The minimum absolute atomic E-state index is 0.0211. The second-order valence-corrected chi connectivity index (χ2v) is 25.0. The average Bonchev–Trinajstić information content (AvgIpc) is 3.39. The molecule has 0 radical (unpaired) electrons. The van der Waals surface area contributed by atoms with Crippen LogP contribution in [0.4, 0.5) is 0 Å². The van der Waals surface area contributed by atoms with Gasteiger partial charge in [-0.05, 0) is 70.3 Å². The van der Waals surface area contributed by atoms with Crippen molar-refractivity contribution in [1.82, 2.24) is 5.32 Å². The van der Waals surface area contributed by atoms with Crippen molar-refractivity contribution in [2.45, 2.75) is 328 Å². The number of likely N-dealkylation sites (N-methyl/N-ethyl adjacent to an activating group) is 1. The minimum Gasteiger partial charge on any atom is -0.756 e. The van der Waals surface area contributed by atoms with Crippen LogP contribution < -0.4 is 10.2 Å². The van der Waals surface area contributed by atoms with Crippen molar-refractivity contribution in [2.75, 3.05) is 40.9 Å². The van der Waals surface area contributed by atoms with E-state index in [0.717, 1.165) is 70.6 Å². The molecule has 0 aliphatic heterocycles. The Labute approximate surface area is 478 Å². The predicted molar refractivity (Wildman–Crippen MR) is 330 cm³/mol. The second-order valence-electron chi connectivity index (χ2n) is 23.6. The number of nitrogens with zero attached hydrogens (tertiary/aromatic N) is 1. The third-order valence-corrected chi connectivity index (χ3v) is 15.7. The molecule has 0 bridgehead atoms. The van der Waals surface area contributed by atoms with E-state index in [1.54, 1.807) is 0 Å². The number of hydrogen-bond acceptors (Lipinski definition) is 7. The van der Waals surface area contributed by atoms with E-state index in [1.807, 2.05) is 33.3 Å². The van der Waals surface area contributed by atoms with Crippen LogP contribution in [0.2, 0.25) is 0 Å². The van der Waals surface area contributed by atoms with Gasteiger partial charge in [0.25, 0.3) is 7.82 Å². The van der Waals surface area contributed by atoms with Crippen LogP contribution in [0.5, 0.6) is 0 Å². The van der Waals surface area contributed by atoms with Crippen molar-refractivity contribution >= 4 is 19.7 Å². The van der Waals surface area contributed by atoms with Crippen LogP contribution in [0.1, 0.15) is 316 Å². The number of unbranched alkanes of at least 4 members (excludes halogenated alkanes) is 38. The Morgan fingerprint density at radius 3 is 1.21 bits per heavy atom. The van der Waals surface area contributed by atoms with Gasteiger partial charge in [0.15, 0.2) is 0 Å². The number of nitrogens with one attached hydrogen (secondary N) is 1. The molecule has 452 valence electrons. The van der Waals surface area contributed by atoms with E-state index in [4.69, 9.17) is 13.8 Å². The number of quaternary nitrogens is 1. The lowest BCUT2D eigenvalue weighted by atomic mass is 10.0. The molecule has 77 heavy (non-hydrogen) atoms. The van der Waals surface area contributed by atoms with Crippen LogP contribution >= 0.6 is 7.82 Å². The molecule has 0 spiro atoms. The molecule has 0 fully saturated rings. The predicted octanol–water partition coefficient (Wildman–Crippen LogP) is 19.8. The number of rotatable bonds is 60. The van der Waals surface area contributed by atoms with Crippen molar-refractivity contribution in [1.29, 1.82) is 0 Å². The van der Waals surface area contributed by atoms with Crippen molar-refractivity contribution < 1.29 is 37.3 Å². The van der Waals surface area contributed by atoms with Gasteiger partial charge in [-0.15, -0.1) is 0 Å². The van der Waals surface area contributed by atoms with E-state index in [2.05, 4.69) is 62.5 Å². The Balaban J connectivity index is 5.05. The molecular weight excluding hydrogens is 976 g/mol. The molecule has 0 aromatic rings. The highest BCUT2D eigenvalue weighted by Gasteiger charge is 2.27. The van der Waals surface area contributed by atoms with Crippen LogP contribution in [0.15, 0.2) is 48.6 Å². The first-order valence-electron chi connectivity index (χ1n) is 32.9. The van der Waals surface area contributed by atoms with E-state index < -0.39 is 20.0 Å². The van der Waals surface area contributed by atoms with Gasteiger partial charge in [0.1, 0.15) is 19.3 Å².